The standard InChI is InChI=1S/C28H31N5OS/c1-20-24(29-27(34)18-23-4-3-17-35-23)11-12-26-28(20)25(30-31-26)10-9-21-5-7-22(8-6-21)19-33-15-13-32(2)14-16-33/h3-12,17H,13-16,18-19H2,1-2H3,(H,29,34)(H,30,31)/b10-9+. The van der Waals surface area contributed by atoms with E-state index in [-0.39, 0.29) is 5.91 Å². The summed E-state index contributed by atoms with van der Waals surface area (Å²) in [6, 6.07) is 16.6. The molecule has 3 heterocycles. The summed E-state index contributed by atoms with van der Waals surface area (Å²) < 4.78 is 0. The third-order valence-electron chi connectivity index (χ3n) is 6.62. The van der Waals surface area contributed by atoms with Crippen LogP contribution in [0.15, 0.2) is 53.9 Å². The fourth-order valence-corrected chi connectivity index (χ4v) is 5.21. The van der Waals surface area contributed by atoms with Crippen LogP contribution in [0.5, 0.6) is 0 Å². The SMILES string of the molecule is Cc1c(NC(=O)Cc2cccs2)ccc2[nH]nc(/C=C/c3ccc(CN4CCN(C)CC4)cc3)c12. The molecule has 4 aromatic rings. The number of aromatic nitrogens is 2. The Bertz CT molecular complexity index is 1320. The van der Waals surface area contributed by atoms with Gasteiger partial charge >= 0.3 is 0 Å². The lowest BCUT2D eigenvalue weighted by molar-refractivity contribution is -0.115. The van der Waals surface area contributed by atoms with Gasteiger partial charge < -0.3 is 10.2 Å². The molecule has 0 atom stereocenters. The van der Waals surface area contributed by atoms with Crippen molar-refractivity contribution in [2.45, 2.75) is 19.9 Å². The van der Waals surface area contributed by atoms with E-state index in [2.05, 4.69) is 62.7 Å². The molecule has 0 bridgehead atoms. The van der Waals surface area contributed by atoms with E-state index >= 15 is 0 Å². The lowest BCUT2D eigenvalue weighted by Crippen LogP contribution is -2.43. The van der Waals surface area contributed by atoms with E-state index in [1.54, 1.807) is 11.3 Å². The van der Waals surface area contributed by atoms with Crippen molar-refractivity contribution < 1.29 is 4.79 Å². The molecule has 180 valence electrons. The molecule has 1 aliphatic rings. The van der Waals surface area contributed by atoms with Crippen LogP contribution in [0.1, 0.15) is 27.3 Å². The van der Waals surface area contributed by atoms with Crippen LogP contribution in [0.4, 0.5) is 5.69 Å². The minimum atomic E-state index is -0.00727. The van der Waals surface area contributed by atoms with Crippen LogP contribution < -0.4 is 5.32 Å². The maximum Gasteiger partial charge on any atom is 0.229 e. The minimum absolute atomic E-state index is 0.00727. The average molecular weight is 486 g/mol. The molecule has 0 unspecified atom stereocenters. The van der Waals surface area contributed by atoms with Crippen LogP contribution in [0, 0.1) is 6.92 Å². The minimum Gasteiger partial charge on any atom is -0.326 e. The number of amides is 1. The third kappa shape index (κ3) is 5.70. The van der Waals surface area contributed by atoms with E-state index < -0.39 is 0 Å². The number of thiophene rings is 1. The first kappa shape index (κ1) is 23.5. The van der Waals surface area contributed by atoms with Gasteiger partial charge in [-0.05, 0) is 60.3 Å². The summed E-state index contributed by atoms with van der Waals surface area (Å²) in [4.78, 5) is 18.5. The Kier molecular flexibility index (Phi) is 7.08. The fraction of sp³-hybridized carbons (Fsp3) is 0.286. The predicted molar refractivity (Wildman–Crippen MR) is 146 cm³/mol. The van der Waals surface area contributed by atoms with Crippen molar-refractivity contribution in [3.63, 3.8) is 0 Å². The summed E-state index contributed by atoms with van der Waals surface area (Å²) in [6.45, 7) is 7.56. The molecule has 0 radical (unpaired) electrons. The highest BCUT2D eigenvalue weighted by atomic mass is 32.1. The number of nitrogens with zero attached hydrogens (tertiary/aromatic N) is 3. The Morgan fingerprint density at radius 3 is 2.63 bits per heavy atom. The van der Waals surface area contributed by atoms with Crippen molar-refractivity contribution in [1.29, 1.82) is 0 Å². The number of aryl methyl sites for hydroxylation is 1. The molecule has 2 aromatic carbocycles. The molecular formula is C28H31N5OS. The van der Waals surface area contributed by atoms with Crippen molar-refractivity contribution in [2.24, 2.45) is 0 Å². The second kappa shape index (κ2) is 10.6. The van der Waals surface area contributed by atoms with Gasteiger partial charge in [-0.15, -0.1) is 11.3 Å². The zero-order valence-electron chi connectivity index (χ0n) is 20.3. The molecule has 0 aliphatic carbocycles. The van der Waals surface area contributed by atoms with Crippen molar-refractivity contribution >= 4 is 46.0 Å². The summed E-state index contributed by atoms with van der Waals surface area (Å²) >= 11 is 1.60. The van der Waals surface area contributed by atoms with Gasteiger partial charge in [0.15, 0.2) is 0 Å². The molecule has 1 amide bonds. The molecule has 1 saturated heterocycles. The van der Waals surface area contributed by atoms with Crippen LogP contribution in [0.3, 0.4) is 0 Å². The Morgan fingerprint density at radius 2 is 1.89 bits per heavy atom. The van der Waals surface area contributed by atoms with Gasteiger partial charge in [0.2, 0.25) is 5.91 Å². The monoisotopic (exact) mass is 485 g/mol. The van der Waals surface area contributed by atoms with Crippen LogP contribution in [-0.2, 0) is 17.8 Å². The predicted octanol–water partition coefficient (Wildman–Crippen LogP) is 5.03. The Labute approximate surface area is 210 Å². The highest BCUT2D eigenvalue weighted by Gasteiger charge is 2.14. The maximum absolute atomic E-state index is 12.5. The van der Waals surface area contributed by atoms with Crippen LogP contribution in [0.2, 0.25) is 0 Å². The quantitative estimate of drug-likeness (QED) is 0.385. The highest BCUT2D eigenvalue weighted by molar-refractivity contribution is 7.10. The summed E-state index contributed by atoms with van der Waals surface area (Å²) in [5, 5.41) is 13.7. The van der Waals surface area contributed by atoms with E-state index in [1.165, 1.54) is 5.56 Å². The number of nitrogens with one attached hydrogen (secondary N) is 2. The van der Waals surface area contributed by atoms with Gasteiger partial charge in [0.1, 0.15) is 0 Å². The van der Waals surface area contributed by atoms with Crippen LogP contribution >= 0.6 is 11.3 Å². The molecule has 0 spiro atoms. The summed E-state index contributed by atoms with van der Waals surface area (Å²) in [5.74, 6) is -0.00727. The number of carbonyl (C=O) groups is 1. The van der Waals surface area contributed by atoms with Gasteiger partial charge in [-0.1, -0.05) is 36.4 Å². The van der Waals surface area contributed by atoms with E-state index in [4.69, 9.17) is 0 Å². The zero-order chi connectivity index (χ0) is 24.2. The van der Waals surface area contributed by atoms with E-state index in [9.17, 15) is 4.79 Å². The van der Waals surface area contributed by atoms with E-state index in [1.807, 2.05) is 42.6 Å². The first-order valence-electron chi connectivity index (χ1n) is 12.0. The number of anilines is 1. The Morgan fingerprint density at radius 1 is 1.09 bits per heavy atom. The number of hydrogen-bond donors (Lipinski definition) is 2. The number of likely N-dealkylation sites (N-methyl/N-ethyl adjacent to an activating group) is 1. The van der Waals surface area contributed by atoms with Crippen LogP contribution in [0.25, 0.3) is 23.1 Å². The first-order chi connectivity index (χ1) is 17.0. The van der Waals surface area contributed by atoms with Crippen molar-refractivity contribution in [3.05, 3.63) is 81.2 Å². The van der Waals surface area contributed by atoms with Gasteiger partial charge in [0.05, 0.1) is 17.6 Å². The average Bonchev–Trinajstić information content (AvgIpc) is 3.52. The second-order valence-electron chi connectivity index (χ2n) is 9.23. The number of benzene rings is 2. The molecule has 35 heavy (non-hydrogen) atoms. The molecule has 2 N–H and O–H groups in total. The summed E-state index contributed by atoms with van der Waals surface area (Å²) in [5.41, 5.74) is 6.15. The molecule has 2 aromatic heterocycles. The van der Waals surface area contributed by atoms with Gasteiger partial charge in [0, 0.05) is 48.7 Å². The van der Waals surface area contributed by atoms with Crippen molar-refractivity contribution in [2.75, 3.05) is 38.5 Å². The number of H-pyrrole nitrogens is 1. The molecule has 6 nitrogen and oxygen atoms in total. The molecule has 0 saturated carbocycles. The third-order valence-corrected chi connectivity index (χ3v) is 7.50. The Balaban J connectivity index is 1.27. The summed E-state index contributed by atoms with van der Waals surface area (Å²) in [7, 11) is 2.19. The smallest absolute Gasteiger partial charge is 0.229 e. The summed E-state index contributed by atoms with van der Waals surface area (Å²) in [6.07, 6.45) is 4.52. The molecule has 1 fully saturated rings. The lowest BCUT2D eigenvalue weighted by atomic mass is 10.1. The zero-order valence-corrected chi connectivity index (χ0v) is 21.1. The van der Waals surface area contributed by atoms with Crippen molar-refractivity contribution in [3.8, 4) is 0 Å². The van der Waals surface area contributed by atoms with Gasteiger partial charge in [0.25, 0.3) is 0 Å². The Hall–Kier alpha value is -3.26. The van der Waals surface area contributed by atoms with Crippen LogP contribution in [-0.4, -0.2) is 59.1 Å². The molecule has 1 aliphatic heterocycles. The van der Waals surface area contributed by atoms with E-state index in [0.717, 1.165) is 71.0 Å². The van der Waals surface area contributed by atoms with Gasteiger partial charge in [-0.25, -0.2) is 0 Å². The topological polar surface area (TPSA) is 64.3 Å². The van der Waals surface area contributed by atoms with Gasteiger partial charge in [-0.2, -0.15) is 5.10 Å². The number of hydrogen-bond acceptors (Lipinski definition) is 5. The van der Waals surface area contributed by atoms with E-state index in [0.29, 0.717) is 6.42 Å². The maximum atomic E-state index is 12.5. The normalized spacial score (nSPS) is 15.3. The second-order valence-corrected chi connectivity index (χ2v) is 10.3. The fourth-order valence-electron chi connectivity index (χ4n) is 4.51. The number of aromatic amines is 1. The number of rotatable bonds is 7. The highest BCUT2D eigenvalue weighted by Crippen LogP contribution is 2.28. The largest absolute Gasteiger partial charge is 0.326 e. The number of fused-ring (bicyclic) bond motifs is 1. The van der Waals surface area contributed by atoms with Crippen molar-refractivity contribution in [1.82, 2.24) is 20.0 Å². The lowest BCUT2D eigenvalue weighted by Gasteiger charge is -2.32. The molecular weight excluding hydrogens is 454 g/mol. The number of carbonyl (C=O) groups excluding carboxylic acids is 1. The molecule has 7 heteroatoms. The van der Waals surface area contributed by atoms with Gasteiger partial charge in [-0.3, -0.25) is 14.8 Å². The molecule has 5 rings (SSSR count). The first-order valence-corrected chi connectivity index (χ1v) is 12.9. The number of piperazine rings is 1.